The highest BCUT2D eigenvalue weighted by Crippen LogP contribution is 2.32. The highest BCUT2D eigenvalue weighted by molar-refractivity contribution is 5.45. The molecule has 2 aromatic rings. The average Bonchev–Trinajstić information content (AvgIpc) is 2.65. The fourth-order valence-electron chi connectivity index (χ4n) is 2.32. The lowest BCUT2D eigenvalue weighted by molar-refractivity contribution is 0.102. The molecule has 0 aromatic heterocycles. The van der Waals surface area contributed by atoms with Crippen molar-refractivity contribution < 1.29 is 19.3 Å². The van der Waals surface area contributed by atoms with Crippen molar-refractivity contribution in [2.75, 3.05) is 19.8 Å². The molecule has 2 aromatic carbocycles. The monoisotopic (exact) mass is 359 g/mol. The summed E-state index contributed by atoms with van der Waals surface area (Å²) < 4.78 is 17.2. The summed E-state index contributed by atoms with van der Waals surface area (Å²) in [5.74, 6) is 1.93. The third-order valence-electron chi connectivity index (χ3n) is 3.66. The molecule has 2 rings (SSSR count). The van der Waals surface area contributed by atoms with Crippen molar-refractivity contribution in [1.29, 1.82) is 0 Å². The van der Waals surface area contributed by atoms with Crippen LogP contribution in [-0.4, -0.2) is 37.0 Å². The predicted molar refractivity (Wildman–Crippen MR) is 103 cm³/mol. The summed E-state index contributed by atoms with van der Waals surface area (Å²) in [5.41, 5.74) is 1.10. The van der Waals surface area contributed by atoms with Gasteiger partial charge in [-0.2, -0.15) is 0 Å². The van der Waals surface area contributed by atoms with Gasteiger partial charge in [0.15, 0.2) is 11.5 Å². The van der Waals surface area contributed by atoms with Crippen LogP contribution in [0.25, 0.3) is 0 Å². The standard InChI is InChI=1S/C21H29NO4/c1-4-24-21-12-19(25-14-17-8-6-5-7-9-17)10-11-20(21)26-15-18(23)13-22-16(2)3/h5-12,16,18,22-23H,4,13-15H2,1-3H3. The van der Waals surface area contributed by atoms with Gasteiger partial charge >= 0.3 is 0 Å². The highest BCUT2D eigenvalue weighted by atomic mass is 16.5. The minimum atomic E-state index is -0.583. The fourth-order valence-corrected chi connectivity index (χ4v) is 2.32. The van der Waals surface area contributed by atoms with E-state index in [4.69, 9.17) is 14.2 Å². The van der Waals surface area contributed by atoms with Crippen molar-refractivity contribution in [1.82, 2.24) is 5.32 Å². The van der Waals surface area contributed by atoms with Crippen LogP contribution in [0.3, 0.4) is 0 Å². The van der Waals surface area contributed by atoms with Crippen LogP contribution in [0.4, 0.5) is 0 Å². The van der Waals surface area contributed by atoms with Gasteiger partial charge in [0.2, 0.25) is 0 Å². The Morgan fingerprint density at radius 2 is 1.73 bits per heavy atom. The molecule has 5 nitrogen and oxygen atoms in total. The molecule has 0 fully saturated rings. The number of ether oxygens (including phenoxy) is 3. The summed E-state index contributed by atoms with van der Waals surface area (Å²) in [4.78, 5) is 0. The first-order chi connectivity index (χ1) is 12.6. The molecule has 0 saturated heterocycles. The summed E-state index contributed by atoms with van der Waals surface area (Å²) in [7, 11) is 0. The Labute approximate surface area is 155 Å². The van der Waals surface area contributed by atoms with Crippen LogP contribution in [0, 0.1) is 0 Å². The van der Waals surface area contributed by atoms with E-state index in [0.29, 0.717) is 43.0 Å². The molecule has 0 radical (unpaired) electrons. The number of hydrogen-bond donors (Lipinski definition) is 2. The van der Waals surface area contributed by atoms with E-state index in [1.165, 1.54) is 0 Å². The second kappa shape index (κ2) is 10.7. The molecule has 1 atom stereocenters. The van der Waals surface area contributed by atoms with Gasteiger partial charge in [-0.3, -0.25) is 0 Å². The average molecular weight is 359 g/mol. The lowest BCUT2D eigenvalue weighted by atomic mass is 10.2. The second-order valence-corrected chi connectivity index (χ2v) is 6.34. The van der Waals surface area contributed by atoms with Gasteiger partial charge < -0.3 is 24.6 Å². The minimum Gasteiger partial charge on any atom is -0.490 e. The molecular weight excluding hydrogens is 330 g/mol. The molecule has 0 spiro atoms. The van der Waals surface area contributed by atoms with Crippen molar-refractivity contribution in [3.05, 3.63) is 54.1 Å². The molecule has 0 saturated carbocycles. The summed E-state index contributed by atoms with van der Waals surface area (Å²) in [6.45, 7) is 7.69. The molecule has 0 amide bonds. The maximum absolute atomic E-state index is 9.99. The Bertz CT molecular complexity index is 646. The minimum absolute atomic E-state index is 0.198. The van der Waals surface area contributed by atoms with E-state index in [1.807, 2.05) is 69.3 Å². The summed E-state index contributed by atoms with van der Waals surface area (Å²) in [6.07, 6.45) is -0.583. The largest absolute Gasteiger partial charge is 0.490 e. The van der Waals surface area contributed by atoms with E-state index in [9.17, 15) is 5.11 Å². The molecule has 5 heteroatoms. The molecule has 1 unspecified atom stereocenters. The first-order valence-electron chi connectivity index (χ1n) is 9.06. The van der Waals surface area contributed by atoms with Gasteiger partial charge in [0.05, 0.1) is 6.61 Å². The first-order valence-corrected chi connectivity index (χ1v) is 9.06. The van der Waals surface area contributed by atoms with Crippen LogP contribution in [0.2, 0.25) is 0 Å². The Hall–Kier alpha value is -2.24. The van der Waals surface area contributed by atoms with Gasteiger partial charge in [-0.1, -0.05) is 44.2 Å². The zero-order valence-corrected chi connectivity index (χ0v) is 15.8. The van der Waals surface area contributed by atoms with Gasteiger partial charge in [0.1, 0.15) is 25.1 Å². The normalized spacial score (nSPS) is 12.0. The zero-order valence-electron chi connectivity index (χ0n) is 15.8. The van der Waals surface area contributed by atoms with Crippen molar-refractivity contribution in [2.24, 2.45) is 0 Å². The highest BCUT2D eigenvalue weighted by Gasteiger charge is 2.11. The van der Waals surface area contributed by atoms with Crippen molar-refractivity contribution in [3.8, 4) is 17.2 Å². The Morgan fingerprint density at radius 3 is 2.42 bits per heavy atom. The Morgan fingerprint density at radius 1 is 0.962 bits per heavy atom. The maximum atomic E-state index is 9.99. The van der Waals surface area contributed by atoms with E-state index in [1.54, 1.807) is 0 Å². The van der Waals surface area contributed by atoms with Crippen molar-refractivity contribution in [2.45, 2.75) is 39.5 Å². The number of aliphatic hydroxyl groups excluding tert-OH is 1. The maximum Gasteiger partial charge on any atom is 0.164 e. The number of benzene rings is 2. The van der Waals surface area contributed by atoms with E-state index >= 15 is 0 Å². The predicted octanol–water partition coefficient (Wildman–Crippen LogP) is 3.40. The summed E-state index contributed by atoms with van der Waals surface area (Å²) >= 11 is 0. The molecule has 0 aliphatic carbocycles. The zero-order chi connectivity index (χ0) is 18.8. The topological polar surface area (TPSA) is 60.0 Å². The quantitative estimate of drug-likeness (QED) is 0.644. The SMILES string of the molecule is CCOc1cc(OCc2ccccc2)ccc1OCC(O)CNC(C)C. The van der Waals surface area contributed by atoms with Gasteiger partial charge in [-0.15, -0.1) is 0 Å². The van der Waals surface area contributed by atoms with E-state index < -0.39 is 6.10 Å². The lowest BCUT2D eigenvalue weighted by Crippen LogP contribution is -2.35. The molecule has 26 heavy (non-hydrogen) atoms. The van der Waals surface area contributed by atoms with Gasteiger partial charge in [-0.05, 0) is 24.6 Å². The summed E-state index contributed by atoms with van der Waals surface area (Å²) in [6, 6.07) is 15.8. The van der Waals surface area contributed by atoms with Gasteiger partial charge in [0.25, 0.3) is 0 Å². The Balaban J connectivity index is 1.94. The van der Waals surface area contributed by atoms with Crippen LogP contribution in [-0.2, 0) is 6.61 Å². The second-order valence-electron chi connectivity index (χ2n) is 6.34. The van der Waals surface area contributed by atoms with E-state index in [0.717, 1.165) is 5.56 Å². The first kappa shape index (κ1) is 20.1. The number of rotatable bonds is 11. The van der Waals surface area contributed by atoms with Crippen molar-refractivity contribution in [3.63, 3.8) is 0 Å². The van der Waals surface area contributed by atoms with Crippen LogP contribution in [0.15, 0.2) is 48.5 Å². The Kier molecular flexibility index (Phi) is 8.25. The van der Waals surface area contributed by atoms with Crippen LogP contribution in [0.1, 0.15) is 26.3 Å². The molecule has 0 heterocycles. The molecule has 142 valence electrons. The summed E-state index contributed by atoms with van der Waals surface area (Å²) in [5, 5.41) is 13.2. The van der Waals surface area contributed by atoms with E-state index in [-0.39, 0.29) is 6.61 Å². The lowest BCUT2D eigenvalue weighted by Gasteiger charge is -2.17. The van der Waals surface area contributed by atoms with E-state index in [2.05, 4.69) is 5.32 Å². The van der Waals surface area contributed by atoms with Crippen molar-refractivity contribution >= 4 is 0 Å². The molecule has 0 aliphatic heterocycles. The van der Waals surface area contributed by atoms with Crippen LogP contribution in [0.5, 0.6) is 17.2 Å². The molecule has 0 bridgehead atoms. The number of aliphatic hydroxyl groups is 1. The van der Waals surface area contributed by atoms with Gasteiger partial charge in [0, 0.05) is 18.7 Å². The fraction of sp³-hybridized carbons (Fsp3) is 0.429. The smallest absolute Gasteiger partial charge is 0.164 e. The molecule has 0 aliphatic rings. The third kappa shape index (κ3) is 6.94. The molecule has 2 N–H and O–H groups in total. The number of nitrogens with one attached hydrogen (secondary N) is 1. The van der Waals surface area contributed by atoms with Crippen LogP contribution < -0.4 is 19.5 Å². The third-order valence-corrected chi connectivity index (χ3v) is 3.66. The van der Waals surface area contributed by atoms with Gasteiger partial charge in [-0.25, -0.2) is 0 Å². The van der Waals surface area contributed by atoms with Crippen LogP contribution >= 0.6 is 0 Å². The number of hydrogen-bond acceptors (Lipinski definition) is 5. The molecular formula is C21H29NO4.